The number of H-pyrrole nitrogens is 1. The molecule has 8 N–H and O–H groups in total. The number of nitrogens with one attached hydrogen (secondary N) is 4. The molecule has 4 unspecified atom stereocenters. The van der Waals surface area contributed by atoms with Crippen LogP contribution in [0, 0.1) is 0 Å². The van der Waals surface area contributed by atoms with Crippen molar-refractivity contribution in [3.05, 3.63) is 71.9 Å². The van der Waals surface area contributed by atoms with Gasteiger partial charge in [-0.05, 0) is 42.0 Å². The van der Waals surface area contributed by atoms with Gasteiger partial charge in [-0.25, -0.2) is 4.79 Å². The molecule has 2 aromatic carbocycles. The number of hydrogen-bond acceptors (Lipinski definition) is 7. The van der Waals surface area contributed by atoms with Crippen LogP contribution in [0.3, 0.4) is 0 Å². The van der Waals surface area contributed by atoms with Crippen molar-refractivity contribution in [3.63, 3.8) is 0 Å². The fourth-order valence-electron chi connectivity index (χ4n) is 4.39. The number of para-hydroxylation sites is 1. The Bertz CT molecular complexity index is 1400. The number of fused-ring (bicyclic) bond motifs is 1. The van der Waals surface area contributed by atoms with E-state index in [1.54, 1.807) is 36.7 Å². The molecular formula is C29H35N5O7S. The summed E-state index contributed by atoms with van der Waals surface area (Å²) in [6.45, 7) is 0. The van der Waals surface area contributed by atoms with Crippen LogP contribution in [0.15, 0.2) is 60.8 Å². The van der Waals surface area contributed by atoms with Crippen LogP contribution in [0.25, 0.3) is 10.9 Å². The van der Waals surface area contributed by atoms with Crippen LogP contribution in [-0.4, -0.2) is 81.0 Å². The summed E-state index contributed by atoms with van der Waals surface area (Å²) in [5.41, 5.74) is 8.76. The topological polar surface area (TPSA) is 204 Å². The molecule has 0 saturated carbocycles. The van der Waals surface area contributed by atoms with Crippen LogP contribution < -0.4 is 21.7 Å². The maximum Gasteiger partial charge on any atom is 0.326 e. The standard InChI is InChI=1S/C29H35N5O7S/c1-42-12-11-22(27(38)34-24(29(40)41)15-25(35)36)32-28(39)23(13-17-7-3-2-4-8-17)33-26(37)20(30)14-18-16-31-21-10-6-5-9-19(18)21/h2-10,16,20,22-24,31H,11-15,30H2,1H3,(H,32,39)(H,33,37)(H,34,38)(H,35,36)(H,40,41). The largest absolute Gasteiger partial charge is 0.481 e. The number of aromatic amines is 1. The van der Waals surface area contributed by atoms with Crippen molar-refractivity contribution in [1.29, 1.82) is 0 Å². The number of hydrogen-bond donors (Lipinski definition) is 7. The molecule has 1 aromatic heterocycles. The van der Waals surface area contributed by atoms with Gasteiger partial charge in [0.05, 0.1) is 12.5 Å². The quantitative estimate of drug-likeness (QED) is 0.126. The summed E-state index contributed by atoms with van der Waals surface area (Å²) in [4.78, 5) is 65.4. The van der Waals surface area contributed by atoms with Gasteiger partial charge in [-0.15, -0.1) is 0 Å². The van der Waals surface area contributed by atoms with Gasteiger partial charge in [-0.1, -0.05) is 48.5 Å². The van der Waals surface area contributed by atoms with E-state index in [-0.39, 0.29) is 19.3 Å². The van der Waals surface area contributed by atoms with Crippen molar-refractivity contribution < 1.29 is 34.2 Å². The number of benzene rings is 2. The Morgan fingerprint density at radius 2 is 1.45 bits per heavy atom. The first-order valence-corrected chi connectivity index (χ1v) is 14.7. The lowest BCUT2D eigenvalue weighted by Gasteiger charge is -2.25. The van der Waals surface area contributed by atoms with E-state index in [4.69, 9.17) is 10.8 Å². The zero-order valence-electron chi connectivity index (χ0n) is 23.0. The summed E-state index contributed by atoms with van der Waals surface area (Å²) >= 11 is 1.41. The second-order valence-corrected chi connectivity index (χ2v) is 10.7. The van der Waals surface area contributed by atoms with Crippen LogP contribution in [0.2, 0.25) is 0 Å². The molecule has 224 valence electrons. The Morgan fingerprint density at radius 3 is 2.12 bits per heavy atom. The van der Waals surface area contributed by atoms with Crippen LogP contribution in [-0.2, 0) is 36.8 Å². The lowest BCUT2D eigenvalue weighted by molar-refractivity contribution is -0.147. The third-order valence-corrected chi connectivity index (χ3v) is 7.25. The SMILES string of the molecule is CSCCC(NC(=O)C(Cc1ccccc1)NC(=O)C(N)Cc1c[nH]c2ccccc12)C(=O)NC(CC(=O)O)C(=O)O. The van der Waals surface area contributed by atoms with E-state index in [9.17, 15) is 29.1 Å². The van der Waals surface area contributed by atoms with Crippen molar-refractivity contribution in [3.8, 4) is 0 Å². The molecule has 12 nitrogen and oxygen atoms in total. The normalized spacial score (nSPS) is 13.9. The van der Waals surface area contributed by atoms with Crippen LogP contribution in [0.1, 0.15) is 24.0 Å². The van der Waals surface area contributed by atoms with Crippen LogP contribution in [0.4, 0.5) is 0 Å². The minimum absolute atomic E-state index is 0.103. The number of aliphatic carboxylic acids is 2. The van der Waals surface area contributed by atoms with E-state index in [1.165, 1.54) is 11.8 Å². The minimum atomic E-state index is -1.67. The number of amides is 3. The number of carboxylic acids is 2. The number of rotatable bonds is 16. The zero-order chi connectivity index (χ0) is 30.6. The average Bonchev–Trinajstić information content (AvgIpc) is 3.37. The molecule has 0 radical (unpaired) electrons. The lowest BCUT2D eigenvalue weighted by Crippen LogP contribution is -2.58. The minimum Gasteiger partial charge on any atom is -0.481 e. The molecular weight excluding hydrogens is 562 g/mol. The summed E-state index contributed by atoms with van der Waals surface area (Å²) < 4.78 is 0. The Labute approximate surface area is 246 Å². The van der Waals surface area contributed by atoms with Crippen molar-refractivity contribution in [2.24, 2.45) is 5.73 Å². The predicted molar refractivity (Wildman–Crippen MR) is 159 cm³/mol. The average molecular weight is 598 g/mol. The Kier molecular flexibility index (Phi) is 11.9. The zero-order valence-corrected chi connectivity index (χ0v) is 23.9. The maximum absolute atomic E-state index is 13.5. The van der Waals surface area contributed by atoms with Gasteiger partial charge in [0.25, 0.3) is 0 Å². The third kappa shape index (κ3) is 9.35. The van der Waals surface area contributed by atoms with E-state index in [1.807, 2.05) is 30.3 Å². The van der Waals surface area contributed by atoms with Crippen LogP contribution >= 0.6 is 11.8 Å². The smallest absolute Gasteiger partial charge is 0.326 e. The van der Waals surface area contributed by atoms with Gasteiger partial charge < -0.3 is 36.9 Å². The van der Waals surface area contributed by atoms with Crippen molar-refractivity contribution in [1.82, 2.24) is 20.9 Å². The molecule has 0 bridgehead atoms. The van der Waals surface area contributed by atoms with Gasteiger partial charge in [-0.2, -0.15) is 11.8 Å². The van der Waals surface area contributed by atoms with Crippen LogP contribution in [0.5, 0.6) is 0 Å². The molecule has 0 fully saturated rings. The van der Waals surface area contributed by atoms with Gasteiger partial charge in [0, 0.05) is 23.5 Å². The Hall–Kier alpha value is -4.36. The molecule has 0 spiro atoms. The molecule has 0 saturated heterocycles. The highest BCUT2D eigenvalue weighted by atomic mass is 32.2. The Balaban J connectivity index is 1.76. The van der Waals surface area contributed by atoms with Gasteiger partial charge in [0.1, 0.15) is 18.1 Å². The second kappa shape index (κ2) is 15.6. The first-order valence-electron chi connectivity index (χ1n) is 13.3. The highest BCUT2D eigenvalue weighted by Crippen LogP contribution is 2.19. The maximum atomic E-state index is 13.5. The first kappa shape index (κ1) is 32.2. The molecule has 3 amide bonds. The second-order valence-electron chi connectivity index (χ2n) is 9.76. The number of carboxylic acid groups (broad SMARTS) is 2. The fourth-order valence-corrected chi connectivity index (χ4v) is 4.86. The molecule has 42 heavy (non-hydrogen) atoms. The van der Waals surface area contributed by atoms with E-state index in [0.29, 0.717) is 5.75 Å². The highest BCUT2D eigenvalue weighted by molar-refractivity contribution is 7.98. The summed E-state index contributed by atoms with van der Waals surface area (Å²) in [7, 11) is 0. The van der Waals surface area contributed by atoms with Crippen molar-refractivity contribution in [2.45, 2.75) is 49.9 Å². The first-order chi connectivity index (χ1) is 20.1. The van der Waals surface area contributed by atoms with Gasteiger partial charge in [-0.3, -0.25) is 19.2 Å². The third-order valence-electron chi connectivity index (χ3n) is 6.60. The summed E-state index contributed by atoms with van der Waals surface area (Å²) in [6.07, 6.45) is 3.22. The fraction of sp³-hybridized carbons (Fsp3) is 0.345. The van der Waals surface area contributed by atoms with Gasteiger partial charge in [0.2, 0.25) is 17.7 Å². The lowest BCUT2D eigenvalue weighted by atomic mass is 10.0. The number of thioether (sulfide) groups is 1. The predicted octanol–water partition coefficient (Wildman–Crippen LogP) is 1.05. The molecule has 3 aromatic rings. The summed E-state index contributed by atoms with van der Waals surface area (Å²) in [5.74, 6) is -4.54. The number of carbonyl (C=O) groups excluding carboxylic acids is 3. The molecule has 0 aliphatic carbocycles. The highest BCUT2D eigenvalue weighted by Gasteiger charge is 2.31. The summed E-state index contributed by atoms with van der Waals surface area (Å²) in [5, 5.41) is 26.8. The van der Waals surface area contributed by atoms with E-state index >= 15 is 0 Å². The molecule has 1 heterocycles. The molecule has 4 atom stereocenters. The van der Waals surface area contributed by atoms with E-state index < -0.39 is 60.2 Å². The van der Waals surface area contributed by atoms with E-state index in [0.717, 1.165) is 22.0 Å². The number of aromatic nitrogens is 1. The summed E-state index contributed by atoms with van der Waals surface area (Å²) in [6, 6.07) is 11.7. The van der Waals surface area contributed by atoms with E-state index in [2.05, 4.69) is 20.9 Å². The van der Waals surface area contributed by atoms with Crippen molar-refractivity contribution >= 4 is 52.3 Å². The molecule has 0 aliphatic heterocycles. The monoisotopic (exact) mass is 597 g/mol. The Morgan fingerprint density at radius 1 is 0.833 bits per heavy atom. The van der Waals surface area contributed by atoms with Crippen molar-refractivity contribution in [2.75, 3.05) is 12.0 Å². The van der Waals surface area contributed by atoms with Gasteiger partial charge >= 0.3 is 11.9 Å². The number of carbonyl (C=O) groups is 5. The molecule has 13 heteroatoms. The molecule has 0 aliphatic rings. The number of nitrogens with two attached hydrogens (primary N) is 1. The molecule has 3 rings (SSSR count). The van der Waals surface area contributed by atoms with Gasteiger partial charge in [0.15, 0.2) is 0 Å².